The van der Waals surface area contributed by atoms with Gasteiger partial charge in [-0.2, -0.15) is 0 Å². The molecule has 2 aliphatic rings. The van der Waals surface area contributed by atoms with Crippen molar-refractivity contribution >= 4 is 46.6 Å². The third-order valence-corrected chi connectivity index (χ3v) is 8.71. The number of nitrogens with zero attached hydrogens (tertiary/aromatic N) is 1. The molecule has 1 saturated heterocycles. The Labute approximate surface area is 220 Å². The second-order valence-electron chi connectivity index (χ2n) is 8.60. The van der Waals surface area contributed by atoms with Gasteiger partial charge < -0.3 is 19.2 Å². The first-order valence-electron chi connectivity index (χ1n) is 11.6. The molecule has 2 amide bonds. The minimum Gasteiger partial charge on any atom is -0.493 e. The van der Waals surface area contributed by atoms with Crippen LogP contribution >= 0.6 is 23.1 Å². The Balaban J connectivity index is 1.54. The lowest BCUT2D eigenvalue weighted by Crippen LogP contribution is -2.32. The summed E-state index contributed by atoms with van der Waals surface area (Å²) in [6.45, 7) is 3.61. The number of aromatic nitrogens is 1. The van der Waals surface area contributed by atoms with Crippen molar-refractivity contribution in [1.29, 1.82) is 0 Å². The average molecular weight is 541 g/mol. The van der Waals surface area contributed by atoms with Crippen LogP contribution < -0.4 is 19.2 Å². The summed E-state index contributed by atoms with van der Waals surface area (Å²) in [4.78, 5) is 55.9. The molecule has 0 bridgehead atoms. The van der Waals surface area contributed by atoms with Crippen LogP contribution in [0.25, 0.3) is 0 Å². The Hall–Kier alpha value is -3.57. The molecule has 192 valence electrons. The summed E-state index contributed by atoms with van der Waals surface area (Å²) in [7, 11) is 1.47. The number of thiazole rings is 1. The number of rotatable bonds is 7. The van der Waals surface area contributed by atoms with E-state index in [2.05, 4.69) is 4.98 Å². The molecular weight excluding hydrogens is 516 g/mol. The summed E-state index contributed by atoms with van der Waals surface area (Å²) in [5.41, 5.74) is 2.23. The number of benzene rings is 2. The summed E-state index contributed by atoms with van der Waals surface area (Å²) >= 11 is 2.26. The summed E-state index contributed by atoms with van der Waals surface area (Å²) < 4.78 is 16.0. The molecule has 2 aromatic carbocycles. The van der Waals surface area contributed by atoms with Gasteiger partial charge in [0.05, 0.1) is 30.3 Å². The summed E-state index contributed by atoms with van der Waals surface area (Å²) in [5.74, 6) is -1.71. The van der Waals surface area contributed by atoms with Crippen molar-refractivity contribution in [2.24, 2.45) is 5.92 Å². The Morgan fingerprint density at radius 2 is 1.81 bits per heavy atom. The number of amides is 2. The second kappa shape index (κ2) is 10.1. The van der Waals surface area contributed by atoms with E-state index in [0.29, 0.717) is 32.7 Å². The van der Waals surface area contributed by atoms with Crippen LogP contribution in [0.4, 0.5) is 5.69 Å². The molecule has 0 radical (unpaired) electrons. The number of carbonyl (C=O) groups is 3. The van der Waals surface area contributed by atoms with Crippen molar-refractivity contribution in [1.82, 2.24) is 4.98 Å². The maximum Gasteiger partial charge on any atom is 0.344 e. The molecule has 0 saturated carbocycles. The lowest BCUT2D eigenvalue weighted by Gasteiger charge is -2.30. The Morgan fingerprint density at radius 3 is 2.51 bits per heavy atom. The van der Waals surface area contributed by atoms with Gasteiger partial charge in [-0.15, -0.1) is 0 Å². The number of aryl methyl sites for hydroxylation is 1. The predicted octanol–water partition coefficient (Wildman–Crippen LogP) is 3.49. The number of H-pyrrole nitrogens is 1. The fourth-order valence-electron chi connectivity index (χ4n) is 4.66. The highest BCUT2D eigenvalue weighted by molar-refractivity contribution is 8.00. The van der Waals surface area contributed by atoms with Crippen LogP contribution in [0.2, 0.25) is 0 Å². The number of imide groups is 1. The smallest absolute Gasteiger partial charge is 0.344 e. The van der Waals surface area contributed by atoms with Crippen LogP contribution in [-0.4, -0.2) is 48.3 Å². The standard InChI is InChI=1S/C26H24N2O7S2/c1-4-34-18(29)12-35-16-10-7-14(11-17(16)33-3)19-20-22(36-23-21(19)37-26(32)27-23)25(31)28(24(20)30)15-8-5-13(2)6-9-15/h5-11,19-20,22H,4,12H2,1-3H3,(H,27,32). The number of anilines is 1. The topological polar surface area (TPSA) is 115 Å². The highest BCUT2D eigenvalue weighted by Gasteiger charge is 2.56. The van der Waals surface area contributed by atoms with Crippen molar-refractivity contribution in [3.05, 3.63) is 68.1 Å². The lowest BCUT2D eigenvalue weighted by atomic mass is 9.83. The second-order valence-corrected chi connectivity index (χ2v) is 10.8. The normalized spacial score (nSPS) is 20.4. The number of hydrogen-bond acceptors (Lipinski definition) is 9. The first kappa shape index (κ1) is 25.1. The first-order valence-corrected chi connectivity index (χ1v) is 13.3. The SMILES string of the molecule is CCOC(=O)COc1ccc(C2c3sc(=O)[nH]c3SC3C(=O)N(c4ccc(C)cc4)C(=O)C32)cc1OC. The molecule has 9 nitrogen and oxygen atoms in total. The number of nitrogens with one attached hydrogen (secondary N) is 1. The monoisotopic (exact) mass is 540 g/mol. The number of hydrogen-bond donors (Lipinski definition) is 1. The molecule has 0 spiro atoms. The van der Waals surface area contributed by atoms with Crippen LogP contribution in [0, 0.1) is 12.8 Å². The number of ether oxygens (including phenoxy) is 3. The van der Waals surface area contributed by atoms with E-state index in [-0.39, 0.29) is 29.9 Å². The van der Waals surface area contributed by atoms with Crippen molar-refractivity contribution in [2.45, 2.75) is 30.0 Å². The van der Waals surface area contributed by atoms with Gasteiger partial charge in [-0.05, 0) is 43.7 Å². The number of carbonyl (C=O) groups excluding carboxylic acids is 3. The van der Waals surface area contributed by atoms with Crippen molar-refractivity contribution in [2.75, 3.05) is 25.2 Å². The maximum atomic E-state index is 13.8. The minimum absolute atomic E-state index is 0.245. The van der Waals surface area contributed by atoms with Gasteiger partial charge in [0.15, 0.2) is 18.1 Å². The van der Waals surface area contributed by atoms with Crippen LogP contribution in [0.15, 0.2) is 52.3 Å². The molecule has 1 aromatic heterocycles. The molecule has 5 rings (SSSR count). The molecule has 3 unspecified atom stereocenters. The van der Waals surface area contributed by atoms with Gasteiger partial charge in [0.1, 0.15) is 5.25 Å². The van der Waals surface area contributed by atoms with E-state index in [1.54, 1.807) is 37.3 Å². The Bertz CT molecular complexity index is 1430. The molecule has 2 aliphatic heterocycles. The predicted molar refractivity (Wildman–Crippen MR) is 139 cm³/mol. The highest BCUT2D eigenvalue weighted by atomic mass is 32.2. The summed E-state index contributed by atoms with van der Waals surface area (Å²) in [5, 5.41) is -0.1000. The molecule has 37 heavy (non-hydrogen) atoms. The van der Waals surface area contributed by atoms with Gasteiger partial charge in [-0.25, -0.2) is 9.69 Å². The highest BCUT2D eigenvalue weighted by Crippen LogP contribution is 2.53. The minimum atomic E-state index is -0.714. The van der Waals surface area contributed by atoms with E-state index in [4.69, 9.17) is 14.2 Å². The van der Waals surface area contributed by atoms with Crippen LogP contribution in [0.3, 0.4) is 0 Å². The molecule has 0 aliphatic carbocycles. The zero-order chi connectivity index (χ0) is 26.3. The largest absolute Gasteiger partial charge is 0.493 e. The number of fused-ring (bicyclic) bond motifs is 2. The van der Waals surface area contributed by atoms with Crippen molar-refractivity contribution in [3.8, 4) is 11.5 Å². The molecular formula is C26H24N2O7S2. The summed E-state index contributed by atoms with van der Waals surface area (Å²) in [6.07, 6.45) is 0. The van der Waals surface area contributed by atoms with Gasteiger partial charge in [0, 0.05) is 10.8 Å². The number of esters is 1. The quantitative estimate of drug-likeness (QED) is 0.358. The molecule has 11 heteroatoms. The third kappa shape index (κ3) is 4.53. The first-order chi connectivity index (χ1) is 17.8. The molecule has 3 heterocycles. The number of thioether (sulfide) groups is 1. The van der Waals surface area contributed by atoms with Crippen molar-refractivity contribution < 1.29 is 28.6 Å². The van der Waals surface area contributed by atoms with Crippen molar-refractivity contribution in [3.63, 3.8) is 0 Å². The van der Waals surface area contributed by atoms with E-state index < -0.39 is 23.1 Å². The molecule has 1 fully saturated rings. The van der Waals surface area contributed by atoms with Gasteiger partial charge in [0.2, 0.25) is 11.8 Å². The van der Waals surface area contributed by atoms with E-state index >= 15 is 0 Å². The van der Waals surface area contributed by atoms with Gasteiger partial charge >= 0.3 is 10.8 Å². The van der Waals surface area contributed by atoms with Gasteiger partial charge in [-0.3, -0.25) is 14.4 Å². The van der Waals surface area contributed by atoms with Crippen LogP contribution in [-0.2, 0) is 19.1 Å². The fourth-order valence-corrected chi connectivity index (χ4v) is 7.18. The molecule has 3 atom stereocenters. The maximum absolute atomic E-state index is 13.8. The zero-order valence-corrected chi connectivity index (χ0v) is 21.9. The third-order valence-electron chi connectivity index (χ3n) is 6.31. The number of aromatic amines is 1. The van der Waals surface area contributed by atoms with Gasteiger partial charge in [-0.1, -0.05) is 46.9 Å². The van der Waals surface area contributed by atoms with E-state index in [1.807, 2.05) is 19.1 Å². The molecule has 3 aromatic rings. The van der Waals surface area contributed by atoms with Gasteiger partial charge in [0.25, 0.3) is 0 Å². The van der Waals surface area contributed by atoms with E-state index in [0.717, 1.165) is 16.9 Å². The van der Waals surface area contributed by atoms with E-state index in [1.165, 1.54) is 23.8 Å². The average Bonchev–Trinajstić information content (AvgIpc) is 3.38. The lowest BCUT2D eigenvalue weighted by molar-refractivity contribution is -0.145. The van der Waals surface area contributed by atoms with Crippen LogP contribution in [0.1, 0.15) is 28.8 Å². The number of methoxy groups -OCH3 is 1. The molecule has 1 N–H and O–H groups in total. The van der Waals surface area contributed by atoms with E-state index in [9.17, 15) is 19.2 Å². The zero-order valence-electron chi connectivity index (χ0n) is 20.3. The Kier molecular flexibility index (Phi) is 6.82. The Morgan fingerprint density at radius 1 is 1.05 bits per heavy atom. The van der Waals surface area contributed by atoms with Crippen LogP contribution in [0.5, 0.6) is 11.5 Å². The summed E-state index contributed by atoms with van der Waals surface area (Å²) in [6, 6.07) is 12.4. The fraction of sp³-hybridized carbons (Fsp3) is 0.308.